The van der Waals surface area contributed by atoms with E-state index in [2.05, 4.69) is 29.2 Å². The highest BCUT2D eigenvalue weighted by Gasteiger charge is 2.45. The number of nitrogens with zero attached hydrogens (tertiary/aromatic N) is 3. The molecule has 0 bridgehead atoms. The second-order valence-corrected chi connectivity index (χ2v) is 14.6. The zero-order chi connectivity index (χ0) is 34.7. The van der Waals surface area contributed by atoms with E-state index >= 15 is 0 Å². The highest BCUT2D eigenvalue weighted by Crippen LogP contribution is 2.53. The molecule has 2 aliphatic rings. The quantitative estimate of drug-likeness (QED) is 0.196. The van der Waals surface area contributed by atoms with Gasteiger partial charge in [-0.25, -0.2) is 9.18 Å². The van der Waals surface area contributed by atoms with Gasteiger partial charge in [0.2, 0.25) is 5.91 Å². The van der Waals surface area contributed by atoms with Gasteiger partial charge in [-0.1, -0.05) is 65.7 Å². The molecule has 0 radical (unpaired) electrons. The van der Waals surface area contributed by atoms with Crippen LogP contribution in [-0.2, 0) is 20.8 Å². The normalized spacial score (nSPS) is 17.1. The van der Waals surface area contributed by atoms with Gasteiger partial charge in [0.05, 0.1) is 15.6 Å². The van der Waals surface area contributed by atoms with Crippen molar-refractivity contribution in [1.82, 2.24) is 14.7 Å². The Morgan fingerprint density at radius 1 is 0.979 bits per heavy atom. The minimum atomic E-state index is -4.73. The van der Waals surface area contributed by atoms with Gasteiger partial charge in [-0.2, -0.15) is 13.2 Å². The second kappa shape index (κ2) is 14.9. The van der Waals surface area contributed by atoms with Crippen LogP contribution in [0.15, 0.2) is 66.7 Å². The first-order valence-electron chi connectivity index (χ1n) is 15.6. The minimum absolute atomic E-state index is 0.0924. The molecule has 2 amide bonds. The van der Waals surface area contributed by atoms with Crippen LogP contribution in [0.5, 0.6) is 5.75 Å². The summed E-state index contributed by atoms with van der Waals surface area (Å²) in [6.07, 6.45) is -4.66. The van der Waals surface area contributed by atoms with Gasteiger partial charge in [-0.15, -0.1) is 11.8 Å². The topological polar surface area (TPSA) is 53.1 Å². The Hall–Kier alpha value is -2.99. The Kier molecular flexibility index (Phi) is 11.2. The Labute approximate surface area is 292 Å². The molecule has 258 valence electrons. The number of amides is 2. The molecule has 0 aliphatic carbocycles. The summed E-state index contributed by atoms with van der Waals surface area (Å²) in [5.41, 5.74) is 1.81. The number of ether oxygens (including phenoxy) is 1. The molecule has 2 aliphatic heterocycles. The number of carbonyl (C=O) groups excluding carboxylic acids is 2. The third-order valence-electron chi connectivity index (χ3n) is 9.42. The summed E-state index contributed by atoms with van der Waals surface area (Å²) >= 11 is 14.7. The third kappa shape index (κ3) is 8.07. The van der Waals surface area contributed by atoms with Crippen LogP contribution in [0, 0.1) is 5.82 Å². The number of benzene rings is 3. The van der Waals surface area contributed by atoms with E-state index in [0.29, 0.717) is 18.5 Å². The van der Waals surface area contributed by atoms with Crippen LogP contribution in [-0.4, -0.2) is 73.2 Å². The molecule has 3 aromatic carbocycles. The Balaban J connectivity index is 1.41. The van der Waals surface area contributed by atoms with Gasteiger partial charge in [0, 0.05) is 31.1 Å². The number of para-hydroxylation sites is 1. The number of rotatable bonds is 10. The average Bonchev–Trinajstić information content (AvgIpc) is 3.40. The largest absolute Gasteiger partial charge is 0.415 e. The van der Waals surface area contributed by atoms with Crippen LogP contribution >= 0.6 is 35.0 Å². The number of likely N-dealkylation sites (tertiary alicyclic amines) is 1. The van der Waals surface area contributed by atoms with Crippen LogP contribution in [0.3, 0.4) is 0 Å². The number of piperidine rings is 1. The van der Waals surface area contributed by atoms with E-state index in [1.165, 1.54) is 60.5 Å². The molecule has 1 spiro atoms. The summed E-state index contributed by atoms with van der Waals surface area (Å²) < 4.78 is 59.9. The SMILES string of the molecule is CN(C[C@](CCCN1CCC2(CC1)SCc1ccccc12)(c1ccc(Cl)c(Cl)c1)N(C)C(=O)Oc1ccccc1F)C(=O)CC(F)(F)F. The molecule has 0 saturated carbocycles. The molecular formula is C35H37Cl2F4N3O3S. The Morgan fingerprint density at radius 3 is 2.35 bits per heavy atom. The van der Waals surface area contributed by atoms with Gasteiger partial charge in [0.25, 0.3) is 0 Å². The average molecular weight is 727 g/mol. The summed E-state index contributed by atoms with van der Waals surface area (Å²) in [5.74, 6) is -1.24. The number of alkyl halides is 3. The van der Waals surface area contributed by atoms with E-state index in [1.807, 2.05) is 11.8 Å². The Morgan fingerprint density at radius 2 is 1.67 bits per heavy atom. The van der Waals surface area contributed by atoms with Crippen molar-refractivity contribution in [2.45, 2.75) is 54.3 Å². The molecule has 6 nitrogen and oxygen atoms in total. The van der Waals surface area contributed by atoms with Crippen LogP contribution in [0.2, 0.25) is 10.0 Å². The number of hydrogen-bond acceptors (Lipinski definition) is 5. The summed E-state index contributed by atoms with van der Waals surface area (Å²) in [7, 11) is 2.69. The fourth-order valence-corrected chi connectivity index (χ4v) is 8.56. The first-order valence-corrected chi connectivity index (χ1v) is 17.4. The van der Waals surface area contributed by atoms with Crippen LogP contribution in [0.1, 0.15) is 48.8 Å². The third-order valence-corrected chi connectivity index (χ3v) is 11.8. The number of likely N-dealkylation sites (N-methyl/N-ethyl adjacent to an activating group) is 2. The molecule has 0 N–H and O–H groups in total. The molecule has 13 heteroatoms. The van der Waals surface area contributed by atoms with Crippen molar-refractivity contribution in [3.8, 4) is 5.75 Å². The molecule has 5 rings (SSSR count). The number of thioether (sulfide) groups is 1. The van der Waals surface area contributed by atoms with Crippen LogP contribution in [0.25, 0.3) is 0 Å². The molecule has 0 aromatic heterocycles. The van der Waals surface area contributed by atoms with Crippen molar-refractivity contribution >= 4 is 47.0 Å². The number of carbonyl (C=O) groups is 2. The zero-order valence-corrected chi connectivity index (χ0v) is 29.0. The smallest absolute Gasteiger partial charge is 0.407 e. The van der Waals surface area contributed by atoms with E-state index in [0.717, 1.165) is 42.7 Å². The lowest BCUT2D eigenvalue weighted by atomic mass is 9.82. The predicted octanol–water partition coefficient (Wildman–Crippen LogP) is 8.89. The maximum atomic E-state index is 14.5. The van der Waals surface area contributed by atoms with Crippen molar-refractivity contribution in [2.75, 3.05) is 40.3 Å². The van der Waals surface area contributed by atoms with Crippen LogP contribution in [0.4, 0.5) is 22.4 Å². The second-order valence-electron chi connectivity index (χ2n) is 12.4. The maximum Gasteiger partial charge on any atom is 0.415 e. The van der Waals surface area contributed by atoms with Gasteiger partial charge < -0.3 is 14.5 Å². The van der Waals surface area contributed by atoms with Crippen LogP contribution < -0.4 is 4.74 Å². The van der Waals surface area contributed by atoms with Crippen molar-refractivity contribution in [3.63, 3.8) is 0 Å². The molecule has 1 atom stereocenters. The molecule has 3 aromatic rings. The maximum absolute atomic E-state index is 14.5. The first-order chi connectivity index (χ1) is 22.7. The predicted molar refractivity (Wildman–Crippen MR) is 181 cm³/mol. The molecule has 1 saturated heterocycles. The highest BCUT2D eigenvalue weighted by atomic mass is 35.5. The standard InChI is InChI=1S/C35H37Cl2F4N3O3S/c1-42(31(45)21-35(39,40)41)23-33(25-12-13-27(36)28(37)20-25,43(2)32(46)47-30-11-6-5-10-29(30)38)14-7-17-44-18-15-34(16-19-44)26-9-4-3-8-24(26)22-48-34/h3-6,8-13,20H,7,14-19,21-23H2,1-2H3/t33-/m1/s1. The highest BCUT2D eigenvalue weighted by molar-refractivity contribution is 7.99. The van der Waals surface area contributed by atoms with E-state index in [-0.39, 0.29) is 33.5 Å². The minimum Gasteiger partial charge on any atom is -0.407 e. The van der Waals surface area contributed by atoms with Gasteiger partial charge in [0.1, 0.15) is 6.42 Å². The lowest BCUT2D eigenvalue weighted by Crippen LogP contribution is -2.55. The molecule has 1 fully saturated rings. The van der Waals surface area contributed by atoms with E-state index in [1.54, 1.807) is 6.07 Å². The van der Waals surface area contributed by atoms with Crippen molar-refractivity contribution < 1.29 is 31.9 Å². The van der Waals surface area contributed by atoms with Gasteiger partial charge in [-0.05, 0) is 86.3 Å². The van der Waals surface area contributed by atoms with Gasteiger partial charge in [0.15, 0.2) is 11.6 Å². The monoisotopic (exact) mass is 725 g/mol. The van der Waals surface area contributed by atoms with E-state index in [9.17, 15) is 27.2 Å². The molecule has 2 heterocycles. The fourth-order valence-electron chi connectivity index (χ4n) is 6.75. The summed E-state index contributed by atoms with van der Waals surface area (Å²) in [6.45, 7) is 2.04. The number of fused-ring (bicyclic) bond motifs is 2. The number of halogens is 6. The van der Waals surface area contributed by atoms with E-state index < -0.39 is 36.0 Å². The summed E-state index contributed by atoms with van der Waals surface area (Å²) in [6, 6.07) is 18.7. The van der Waals surface area contributed by atoms with E-state index in [4.69, 9.17) is 27.9 Å². The van der Waals surface area contributed by atoms with Gasteiger partial charge in [-0.3, -0.25) is 9.69 Å². The van der Waals surface area contributed by atoms with Crippen molar-refractivity contribution in [3.05, 3.63) is 99.3 Å². The summed E-state index contributed by atoms with van der Waals surface area (Å²) in [4.78, 5) is 31.0. The first kappa shape index (κ1) is 36.3. The van der Waals surface area contributed by atoms with Crippen molar-refractivity contribution in [2.24, 2.45) is 0 Å². The molecular weight excluding hydrogens is 689 g/mol. The molecule has 48 heavy (non-hydrogen) atoms. The number of hydrogen-bond donors (Lipinski definition) is 0. The lowest BCUT2D eigenvalue weighted by Gasteiger charge is -2.45. The van der Waals surface area contributed by atoms with Gasteiger partial charge >= 0.3 is 12.3 Å². The Bertz CT molecular complexity index is 1640. The fraction of sp³-hybridized carbons (Fsp3) is 0.429. The summed E-state index contributed by atoms with van der Waals surface area (Å²) in [5, 5.41) is 0.398. The molecule has 0 unspecified atom stereocenters. The zero-order valence-electron chi connectivity index (χ0n) is 26.7. The lowest BCUT2D eigenvalue weighted by molar-refractivity contribution is -0.161. The van der Waals surface area contributed by atoms with Crippen molar-refractivity contribution in [1.29, 1.82) is 0 Å².